The maximum atomic E-state index is 5.87. The first-order valence-electron chi connectivity index (χ1n) is 7.17. The molecule has 5 nitrogen and oxygen atoms in total. The van der Waals surface area contributed by atoms with Gasteiger partial charge >= 0.3 is 0 Å². The molecule has 21 heavy (non-hydrogen) atoms. The Morgan fingerprint density at radius 3 is 1.43 bits per heavy atom. The Labute approximate surface area is 144 Å². The maximum absolute atomic E-state index is 5.87. The summed E-state index contributed by atoms with van der Waals surface area (Å²) in [5.74, 6) is 0. The van der Waals surface area contributed by atoms with Gasteiger partial charge in [-0.2, -0.15) is 0 Å². The van der Waals surface area contributed by atoms with Gasteiger partial charge in [0, 0.05) is 10.7 Å². The number of halogens is 2. The summed E-state index contributed by atoms with van der Waals surface area (Å²) < 4.78 is 28.5. The standard InChI is InChI=1S/C14H26Br2O5/c1-13(9-15)11-19-12-14(2,10-16)21-8-6-18-4-3-17-5-7-20-13/h3-12H2,1-2H3/t13-,14-/m0/s1. The fourth-order valence-corrected chi connectivity index (χ4v) is 2.38. The average molecular weight is 434 g/mol. The van der Waals surface area contributed by atoms with Gasteiger partial charge in [-0.25, -0.2) is 0 Å². The van der Waals surface area contributed by atoms with Crippen molar-refractivity contribution in [3.8, 4) is 0 Å². The molecular formula is C14H26Br2O5. The molecule has 0 spiro atoms. The van der Waals surface area contributed by atoms with Crippen molar-refractivity contribution < 1.29 is 23.7 Å². The van der Waals surface area contributed by atoms with Crippen molar-refractivity contribution in [3.05, 3.63) is 0 Å². The van der Waals surface area contributed by atoms with Crippen LogP contribution in [-0.2, 0) is 23.7 Å². The summed E-state index contributed by atoms with van der Waals surface area (Å²) in [6.07, 6.45) is 0. The van der Waals surface area contributed by atoms with Crippen molar-refractivity contribution in [2.24, 2.45) is 0 Å². The molecule has 1 fully saturated rings. The van der Waals surface area contributed by atoms with Crippen LogP contribution < -0.4 is 0 Å². The highest BCUT2D eigenvalue weighted by Crippen LogP contribution is 2.19. The first-order chi connectivity index (χ1) is 10.0. The average Bonchev–Trinajstić information content (AvgIpc) is 2.49. The minimum Gasteiger partial charge on any atom is -0.377 e. The van der Waals surface area contributed by atoms with Gasteiger partial charge in [0.05, 0.1) is 64.1 Å². The van der Waals surface area contributed by atoms with Crippen LogP contribution in [0.25, 0.3) is 0 Å². The van der Waals surface area contributed by atoms with E-state index in [0.29, 0.717) is 63.5 Å². The second-order valence-electron chi connectivity index (χ2n) is 5.58. The topological polar surface area (TPSA) is 46.2 Å². The fraction of sp³-hybridized carbons (Fsp3) is 1.00. The van der Waals surface area contributed by atoms with Gasteiger partial charge in [0.1, 0.15) is 0 Å². The molecule has 1 rings (SSSR count). The lowest BCUT2D eigenvalue weighted by atomic mass is 10.1. The maximum Gasteiger partial charge on any atom is 0.0984 e. The summed E-state index contributed by atoms with van der Waals surface area (Å²) >= 11 is 6.97. The zero-order valence-corrected chi connectivity index (χ0v) is 16.0. The molecule has 0 aromatic carbocycles. The van der Waals surface area contributed by atoms with E-state index in [1.165, 1.54) is 0 Å². The van der Waals surface area contributed by atoms with Crippen LogP contribution in [0.15, 0.2) is 0 Å². The van der Waals surface area contributed by atoms with E-state index in [1.807, 2.05) is 13.8 Å². The molecule has 1 aliphatic heterocycles. The number of rotatable bonds is 2. The van der Waals surface area contributed by atoms with Gasteiger partial charge in [0.2, 0.25) is 0 Å². The lowest BCUT2D eigenvalue weighted by molar-refractivity contribution is -0.120. The minimum absolute atomic E-state index is 0.368. The van der Waals surface area contributed by atoms with Gasteiger partial charge in [-0.3, -0.25) is 0 Å². The summed E-state index contributed by atoms with van der Waals surface area (Å²) in [6, 6.07) is 0. The molecule has 7 heteroatoms. The fourth-order valence-electron chi connectivity index (χ4n) is 1.74. The van der Waals surface area contributed by atoms with Crippen molar-refractivity contribution in [1.82, 2.24) is 0 Å². The van der Waals surface area contributed by atoms with Crippen molar-refractivity contribution in [2.45, 2.75) is 25.0 Å². The number of hydrogen-bond acceptors (Lipinski definition) is 5. The predicted octanol–water partition coefficient (Wildman–Crippen LogP) is 2.39. The lowest BCUT2D eigenvalue weighted by Gasteiger charge is -2.31. The normalized spacial score (nSPS) is 34.9. The lowest BCUT2D eigenvalue weighted by Crippen LogP contribution is -2.42. The van der Waals surface area contributed by atoms with Gasteiger partial charge in [-0.05, 0) is 13.8 Å². The van der Waals surface area contributed by atoms with Crippen LogP contribution in [-0.4, -0.2) is 74.7 Å². The van der Waals surface area contributed by atoms with E-state index in [2.05, 4.69) is 31.9 Å². The highest BCUT2D eigenvalue weighted by Gasteiger charge is 2.28. The van der Waals surface area contributed by atoms with Gasteiger partial charge < -0.3 is 23.7 Å². The minimum atomic E-state index is -0.368. The van der Waals surface area contributed by atoms with E-state index in [-0.39, 0.29) is 11.2 Å². The molecular weight excluding hydrogens is 408 g/mol. The second kappa shape index (κ2) is 10.5. The van der Waals surface area contributed by atoms with Crippen molar-refractivity contribution >= 4 is 31.9 Å². The molecule has 1 saturated heterocycles. The molecule has 0 aromatic heterocycles. The Hall–Kier alpha value is 0.760. The van der Waals surface area contributed by atoms with Gasteiger partial charge in [0.25, 0.3) is 0 Å². The Morgan fingerprint density at radius 1 is 0.667 bits per heavy atom. The Morgan fingerprint density at radius 2 is 1.05 bits per heavy atom. The first kappa shape index (κ1) is 19.8. The van der Waals surface area contributed by atoms with Gasteiger partial charge in [-0.15, -0.1) is 0 Å². The third-order valence-corrected chi connectivity index (χ3v) is 5.48. The smallest absolute Gasteiger partial charge is 0.0984 e. The van der Waals surface area contributed by atoms with Crippen LogP contribution in [0.1, 0.15) is 13.8 Å². The molecule has 1 heterocycles. The van der Waals surface area contributed by atoms with Crippen LogP contribution in [0.3, 0.4) is 0 Å². The predicted molar refractivity (Wildman–Crippen MR) is 88.8 cm³/mol. The van der Waals surface area contributed by atoms with Gasteiger partial charge in [0.15, 0.2) is 0 Å². The highest BCUT2D eigenvalue weighted by molar-refractivity contribution is 9.09. The summed E-state index contributed by atoms with van der Waals surface area (Å²) in [5.41, 5.74) is -0.736. The SMILES string of the molecule is C[C@]1(CBr)COC[C@](C)(CBr)OCCOCCOCCO1. The molecule has 0 bridgehead atoms. The van der Waals surface area contributed by atoms with Crippen LogP contribution in [0.4, 0.5) is 0 Å². The van der Waals surface area contributed by atoms with Crippen LogP contribution in [0.2, 0.25) is 0 Å². The number of ether oxygens (including phenoxy) is 5. The second-order valence-corrected chi connectivity index (χ2v) is 6.70. The van der Waals surface area contributed by atoms with E-state index < -0.39 is 0 Å². The molecule has 2 atom stereocenters. The molecule has 0 N–H and O–H groups in total. The van der Waals surface area contributed by atoms with Crippen molar-refractivity contribution in [1.29, 1.82) is 0 Å². The monoisotopic (exact) mass is 432 g/mol. The Kier molecular flexibility index (Phi) is 9.92. The van der Waals surface area contributed by atoms with E-state index in [0.717, 1.165) is 0 Å². The van der Waals surface area contributed by atoms with Crippen LogP contribution >= 0.6 is 31.9 Å². The van der Waals surface area contributed by atoms with E-state index >= 15 is 0 Å². The highest BCUT2D eigenvalue weighted by atomic mass is 79.9. The molecule has 0 aliphatic carbocycles. The Balaban J connectivity index is 2.54. The first-order valence-corrected chi connectivity index (χ1v) is 9.41. The molecule has 126 valence electrons. The summed E-state index contributed by atoms with van der Waals surface area (Å²) in [4.78, 5) is 0. The van der Waals surface area contributed by atoms with E-state index in [1.54, 1.807) is 0 Å². The molecule has 0 saturated carbocycles. The van der Waals surface area contributed by atoms with Crippen molar-refractivity contribution in [3.63, 3.8) is 0 Å². The summed E-state index contributed by atoms with van der Waals surface area (Å²) in [6.45, 7) is 8.38. The number of alkyl halides is 2. The molecule has 0 radical (unpaired) electrons. The molecule has 0 aromatic rings. The van der Waals surface area contributed by atoms with Crippen molar-refractivity contribution in [2.75, 3.05) is 63.5 Å². The third-order valence-electron chi connectivity index (χ3n) is 3.11. The summed E-state index contributed by atoms with van der Waals surface area (Å²) in [5, 5.41) is 1.41. The number of hydrogen-bond donors (Lipinski definition) is 0. The Bertz CT molecular complexity index is 256. The van der Waals surface area contributed by atoms with E-state index in [4.69, 9.17) is 23.7 Å². The quantitative estimate of drug-likeness (QED) is 0.625. The van der Waals surface area contributed by atoms with Gasteiger partial charge in [-0.1, -0.05) is 31.9 Å². The zero-order valence-electron chi connectivity index (χ0n) is 12.9. The molecule has 1 aliphatic rings. The molecule has 0 unspecified atom stereocenters. The van der Waals surface area contributed by atoms with Crippen LogP contribution in [0.5, 0.6) is 0 Å². The largest absolute Gasteiger partial charge is 0.377 e. The third kappa shape index (κ3) is 8.25. The zero-order chi connectivity index (χ0) is 15.6. The van der Waals surface area contributed by atoms with Crippen LogP contribution in [0, 0.1) is 0 Å². The molecule has 0 amide bonds. The summed E-state index contributed by atoms with van der Waals surface area (Å²) in [7, 11) is 0. The van der Waals surface area contributed by atoms with E-state index in [9.17, 15) is 0 Å².